The van der Waals surface area contributed by atoms with Crippen LogP contribution in [0.15, 0.2) is 0 Å². The Hall–Kier alpha value is -0.0800. The van der Waals surface area contributed by atoms with Crippen LogP contribution in [-0.2, 0) is 9.47 Å². The molecule has 2 saturated carbocycles. The summed E-state index contributed by atoms with van der Waals surface area (Å²) in [6, 6.07) is 0. The van der Waals surface area contributed by atoms with Gasteiger partial charge >= 0.3 is 0 Å². The van der Waals surface area contributed by atoms with E-state index in [0.717, 1.165) is 11.8 Å². The lowest BCUT2D eigenvalue weighted by molar-refractivity contribution is 0.179. The lowest BCUT2D eigenvalue weighted by Gasteiger charge is -2.27. The summed E-state index contributed by atoms with van der Waals surface area (Å²) in [4.78, 5) is 0. The van der Waals surface area contributed by atoms with E-state index in [4.69, 9.17) is 9.47 Å². The summed E-state index contributed by atoms with van der Waals surface area (Å²) in [7, 11) is 0. The Morgan fingerprint density at radius 3 is 2.18 bits per heavy atom. The maximum atomic E-state index is 5.46. The average Bonchev–Trinajstić information content (AvgIpc) is 2.77. The topological polar surface area (TPSA) is 25.1 Å². The molecule has 0 N–H and O–H groups in total. The molecule has 2 aliphatic heterocycles. The zero-order chi connectivity index (χ0) is 7.00. The fourth-order valence-corrected chi connectivity index (χ4v) is 3.03. The first-order valence-electron chi connectivity index (χ1n) is 4.73. The summed E-state index contributed by atoms with van der Waals surface area (Å²) in [5.74, 6) is 1.89. The lowest BCUT2D eigenvalue weighted by atomic mass is 9.75. The van der Waals surface area contributed by atoms with Gasteiger partial charge in [0.05, 0.1) is 24.4 Å². The van der Waals surface area contributed by atoms with Gasteiger partial charge in [0.15, 0.2) is 0 Å². The van der Waals surface area contributed by atoms with Crippen molar-refractivity contribution in [2.45, 2.75) is 43.7 Å². The maximum absolute atomic E-state index is 5.46. The van der Waals surface area contributed by atoms with Crippen LogP contribution in [0.25, 0.3) is 0 Å². The highest BCUT2D eigenvalue weighted by Gasteiger charge is 2.62. The average molecular weight is 152 g/mol. The molecule has 60 valence electrons. The number of rotatable bonds is 1. The summed E-state index contributed by atoms with van der Waals surface area (Å²) in [5, 5.41) is 0. The van der Waals surface area contributed by atoms with E-state index >= 15 is 0 Å². The van der Waals surface area contributed by atoms with Crippen LogP contribution in [0.5, 0.6) is 0 Å². The lowest BCUT2D eigenvalue weighted by Crippen LogP contribution is -2.30. The van der Waals surface area contributed by atoms with Crippen LogP contribution >= 0.6 is 0 Å². The Morgan fingerprint density at radius 1 is 0.818 bits per heavy atom. The van der Waals surface area contributed by atoms with Crippen molar-refractivity contribution < 1.29 is 9.47 Å². The molecule has 11 heavy (non-hydrogen) atoms. The van der Waals surface area contributed by atoms with Gasteiger partial charge in [0.25, 0.3) is 0 Å². The predicted octanol–water partition coefficient (Wildman–Crippen LogP) is 0.951. The van der Waals surface area contributed by atoms with Crippen molar-refractivity contribution in [1.82, 2.24) is 0 Å². The van der Waals surface area contributed by atoms with Crippen molar-refractivity contribution >= 4 is 0 Å². The standard InChI is InChI=1S/C9H12O2/c1-4(2-7-6(1)10-7)5-3-8-9(5)11-8/h4-9H,1-3H2. The molecule has 2 aliphatic carbocycles. The van der Waals surface area contributed by atoms with Crippen LogP contribution in [-0.4, -0.2) is 24.4 Å². The van der Waals surface area contributed by atoms with Gasteiger partial charge in [0, 0.05) is 0 Å². The van der Waals surface area contributed by atoms with Crippen LogP contribution in [0, 0.1) is 11.8 Å². The molecule has 0 aromatic rings. The van der Waals surface area contributed by atoms with E-state index in [-0.39, 0.29) is 0 Å². The largest absolute Gasteiger partial charge is 0.370 e. The molecular weight excluding hydrogens is 140 g/mol. The van der Waals surface area contributed by atoms with Crippen LogP contribution < -0.4 is 0 Å². The van der Waals surface area contributed by atoms with E-state index in [1.807, 2.05) is 0 Å². The number of epoxide rings is 2. The monoisotopic (exact) mass is 152 g/mol. The molecule has 0 bridgehead atoms. The first kappa shape index (κ1) is 5.55. The van der Waals surface area contributed by atoms with Crippen molar-refractivity contribution in [1.29, 1.82) is 0 Å². The van der Waals surface area contributed by atoms with Gasteiger partial charge in [-0.25, -0.2) is 0 Å². The highest BCUT2D eigenvalue weighted by molar-refractivity contribution is 5.09. The molecule has 0 spiro atoms. The summed E-state index contributed by atoms with van der Waals surface area (Å²) in [5.41, 5.74) is 0. The molecule has 5 unspecified atom stereocenters. The van der Waals surface area contributed by atoms with E-state index in [0.29, 0.717) is 24.4 Å². The second kappa shape index (κ2) is 1.50. The van der Waals surface area contributed by atoms with Gasteiger partial charge in [0.1, 0.15) is 0 Å². The first-order chi connectivity index (χ1) is 5.42. The minimum absolute atomic E-state index is 0.665. The summed E-state index contributed by atoms with van der Waals surface area (Å²) in [6.45, 7) is 0. The molecule has 2 heteroatoms. The van der Waals surface area contributed by atoms with E-state index in [1.54, 1.807) is 0 Å². The molecule has 5 atom stereocenters. The molecule has 2 heterocycles. The van der Waals surface area contributed by atoms with E-state index in [1.165, 1.54) is 19.3 Å². The Morgan fingerprint density at radius 2 is 1.64 bits per heavy atom. The molecule has 0 aromatic heterocycles. The second-order valence-electron chi connectivity index (χ2n) is 4.48. The summed E-state index contributed by atoms with van der Waals surface area (Å²) < 4.78 is 10.9. The number of hydrogen-bond acceptors (Lipinski definition) is 2. The number of fused-ring (bicyclic) bond motifs is 2. The summed E-state index contributed by atoms with van der Waals surface area (Å²) >= 11 is 0. The molecule has 4 aliphatic rings. The molecule has 4 fully saturated rings. The van der Waals surface area contributed by atoms with Gasteiger partial charge in [-0.05, 0) is 31.1 Å². The highest BCUT2D eigenvalue weighted by Crippen LogP contribution is 2.56. The predicted molar refractivity (Wildman–Crippen MR) is 38.2 cm³/mol. The van der Waals surface area contributed by atoms with E-state index < -0.39 is 0 Å². The maximum Gasteiger partial charge on any atom is 0.0873 e. The quantitative estimate of drug-likeness (QED) is 0.523. The van der Waals surface area contributed by atoms with Crippen LogP contribution in [0.3, 0.4) is 0 Å². The Balaban J connectivity index is 1.50. The Labute approximate surface area is 65.9 Å². The van der Waals surface area contributed by atoms with Crippen LogP contribution in [0.2, 0.25) is 0 Å². The highest BCUT2D eigenvalue weighted by atomic mass is 16.6. The molecule has 0 amide bonds. The number of hydrogen-bond donors (Lipinski definition) is 0. The zero-order valence-electron chi connectivity index (χ0n) is 6.40. The first-order valence-corrected chi connectivity index (χ1v) is 4.73. The van der Waals surface area contributed by atoms with Crippen molar-refractivity contribution in [3.8, 4) is 0 Å². The molecule has 2 saturated heterocycles. The molecular formula is C9H12O2. The second-order valence-corrected chi connectivity index (χ2v) is 4.48. The van der Waals surface area contributed by atoms with Crippen LogP contribution in [0.1, 0.15) is 19.3 Å². The minimum atomic E-state index is 0.665. The van der Waals surface area contributed by atoms with Gasteiger partial charge < -0.3 is 9.47 Å². The van der Waals surface area contributed by atoms with Gasteiger partial charge in [-0.15, -0.1) is 0 Å². The Kier molecular flexibility index (Phi) is 0.758. The molecule has 4 rings (SSSR count). The van der Waals surface area contributed by atoms with Crippen molar-refractivity contribution in [3.05, 3.63) is 0 Å². The van der Waals surface area contributed by atoms with Crippen LogP contribution in [0.4, 0.5) is 0 Å². The third-order valence-electron chi connectivity index (χ3n) is 3.91. The van der Waals surface area contributed by atoms with Crippen molar-refractivity contribution in [3.63, 3.8) is 0 Å². The molecule has 0 radical (unpaired) electrons. The van der Waals surface area contributed by atoms with Gasteiger partial charge in [-0.2, -0.15) is 0 Å². The Bertz CT molecular complexity index is 206. The third-order valence-corrected chi connectivity index (χ3v) is 3.91. The molecule has 0 aromatic carbocycles. The molecule has 2 nitrogen and oxygen atoms in total. The fraction of sp³-hybridized carbons (Fsp3) is 1.00. The third kappa shape index (κ3) is 0.611. The van der Waals surface area contributed by atoms with Crippen molar-refractivity contribution in [2.75, 3.05) is 0 Å². The summed E-state index contributed by atoms with van der Waals surface area (Å²) in [6.07, 6.45) is 6.74. The van der Waals surface area contributed by atoms with Gasteiger partial charge in [-0.3, -0.25) is 0 Å². The van der Waals surface area contributed by atoms with Gasteiger partial charge in [-0.1, -0.05) is 0 Å². The van der Waals surface area contributed by atoms with E-state index in [2.05, 4.69) is 0 Å². The zero-order valence-corrected chi connectivity index (χ0v) is 6.40. The minimum Gasteiger partial charge on any atom is -0.370 e. The fourth-order valence-electron chi connectivity index (χ4n) is 3.03. The van der Waals surface area contributed by atoms with Gasteiger partial charge in [0.2, 0.25) is 0 Å². The normalized spacial score (nSPS) is 69.8. The van der Waals surface area contributed by atoms with Crippen molar-refractivity contribution in [2.24, 2.45) is 11.8 Å². The smallest absolute Gasteiger partial charge is 0.0873 e. The number of ether oxygens (including phenoxy) is 2. The SMILES string of the molecule is C1C(C2CC3OC32)CC2OC12. The van der Waals surface area contributed by atoms with E-state index in [9.17, 15) is 0 Å².